The number of anilines is 2. The molecule has 2 aromatic carbocycles. The summed E-state index contributed by atoms with van der Waals surface area (Å²) in [6, 6.07) is 11.7. The molecule has 0 aromatic heterocycles. The Labute approximate surface area is 148 Å². The van der Waals surface area contributed by atoms with Gasteiger partial charge in [-0.15, -0.1) is 0 Å². The third-order valence-electron chi connectivity index (χ3n) is 2.79. The number of oxime groups is 1. The molecule has 0 heterocycles. The van der Waals surface area contributed by atoms with E-state index in [2.05, 4.69) is 20.6 Å². The first-order valence-corrected chi connectivity index (χ1v) is 7.54. The van der Waals surface area contributed by atoms with Crippen LogP contribution in [-0.2, 0) is 9.63 Å². The maximum atomic E-state index is 11.6. The number of aryl methyl sites for hydroxylation is 1. The monoisotopic (exact) mass is 365 g/mol. The minimum absolute atomic E-state index is 0.287. The normalized spacial score (nSPS) is 10.5. The van der Waals surface area contributed by atoms with Crippen molar-refractivity contribution in [3.8, 4) is 0 Å². The fraction of sp³-hybridized carbons (Fsp3) is 0.0625. The van der Waals surface area contributed by atoms with Crippen molar-refractivity contribution in [2.75, 3.05) is 10.6 Å². The number of carbonyl (C=O) groups is 2. The highest BCUT2D eigenvalue weighted by Crippen LogP contribution is 2.24. The second-order valence-electron chi connectivity index (χ2n) is 4.72. The molecule has 0 saturated heterocycles. The standard InChI is InChI=1S/C16H13Cl2N3O3/c1-10-2-4-11(5-3-10)20-15(22)9-19-24-16(23)21-12-6-7-13(17)14(18)8-12/h2-9H,1H3,(H,20,22)(H,21,23). The van der Waals surface area contributed by atoms with E-state index in [0.29, 0.717) is 16.4 Å². The molecular formula is C16H13Cl2N3O3. The van der Waals surface area contributed by atoms with Crippen LogP contribution in [0.3, 0.4) is 0 Å². The third-order valence-corrected chi connectivity index (χ3v) is 3.53. The molecule has 0 unspecified atom stereocenters. The van der Waals surface area contributed by atoms with Crippen molar-refractivity contribution < 1.29 is 14.4 Å². The lowest BCUT2D eigenvalue weighted by molar-refractivity contribution is -0.110. The van der Waals surface area contributed by atoms with E-state index in [4.69, 9.17) is 23.2 Å². The molecule has 2 aromatic rings. The molecule has 0 aliphatic rings. The van der Waals surface area contributed by atoms with Crippen molar-refractivity contribution in [3.05, 3.63) is 58.1 Å². The smallest absolute Gasteiger partial charge is 0.321 e. The highest BCUT2D eigenvalue weighted by Gasteiger charge is 2.05. The largest absolute Gasteiger partial charge is 0.437 e. The van der Waals surface area contributed by atoms with Crippen molar-refractivity contribution in [2.24, 2.45) is 5.16 Å². The second kappa shape index (κ2) is 8.33. The number of halogens is 2. The minimum Gasteiger partial charge on any atom is -0.321 e. The summed E-state index contributed by atoms with van der Waals surface area (Å²) in [4.78, 5) is 27.7. The lowest BCUT2D eigenvalue weighted by Crippen LogP contribution is -2.15. The molecule has 0 aliphatic heterocycles. The van der Waals surface area contributed by atoms with Crippen LogP contribution in [0.2, 0.25) is 10.0 Å². The summed E-state index contributed by atoms with van der Waals surface area (Å²) >= 11 is 11.6. The SMILES string of the molecule is Cc1ccc(NC(=O)C=NOC(=O)Nc2ccc(Cl)c(Cl)c2)cc1. The molecule has 0 bridgehead atoms. The lowest BCUT2D eigenvalue weighted by atomic mass is 10.2. The van der Waals surface area contributed by atoms with E-state index >= 15 is 0 Å². The first-order chi connectivity index (χ1) is 11.4. The Morgan fingerprint density at radius 3 is 2.33 bits per heavy atom. The molecule has 2 amide bonds. The van der Waals surface area contributed by atoms with Crippen LogP contribution in [0.15, 0.2) is 47.6 Å². The van der Waals surface area contributed by atoms with E-state index < -0.39 is 12.0 Å². The Kier molecular flexibility index (Phi) is 6.17. The third kappa shape index (κ3) is 5.57. The minimum atomic E-state index is -0.868. The number of nitrogens with one attached hydrogen (secondary N) is 2. The Morgan fingerprint density at radius 2 is 1.67 bits per heavy atom. The number of hydrogen-bond donors (Lipinski definition) is 2. The summed E-state index contributed by atoms with van der Waals surface area (Å²) < 4.78 is 0. The van der Waals surface area contributed by atoms with Gasteiger partial charge in [-0.05, 0) is 37.3 Å². The summed E-state index contributed by atoms with van der Waals surface area (Å²) in [5.74, 6) is -0.527. The van der Waals surface area contributed by atoms with Gasteiger partial charge in [0.05, 0.1) is 10.0 Å². The van der Waals surface area contributed by atoms with Gasteiger partial charge in [0.15, 0.2) is 0 Å². The second-order valence-corrected chi connectivity index (χ2v) is 5.54. The average molecular weight is 366 g/mol. The molecule has 124 valence electrons. The highest BCUT2D eigenvalue weighted by molar-refractivity contribution is 6.42. The molecule has 0 radical (unpaired) electrons. The van der Waals surface area contributed by atoms with Gasteiger partial charge < -0.3 is 5.32 Å². The predicted molar refractivity (Wildman–Crippen MR) is 94.9 cm³/mol. The molecule has 0 atom stereocenters. The summed E-state index contributed by atoms with van der Waals surface area (Å²) in [6.45, 7) is 1.94. The Balaban J connectivity index is 1.81. The fourth-order valence-electron chi connectivity index (χ4n) is 1.65. The topological polar surface area (TPSA) is 79.8 Å². The van der Waals surface area contributed by atoms with Crippen molar-refractivity contribution in [1.82, 2.24) is 0 Å². The maximum Gasteiger partial charge on any atom is 0.437 e. The van der Waals surface area contributed by atoms with Crippen LogP contribution in [0.4, 0.5) is 16.2 Å². The van der Waals surface area contributed by atoms with Crippen LogP contribution in [0.25, 0.3) is 0 Å². The van der Waals surface area contributed by atoms with Crippen molar-refractivity contribution in [2.45, 2.75) is 6.92 Å². The quantitative estimate of drug-likeness (QED) is 0.476. The lowest BCUT2D eigenvalue weighted by Gasteiger charge is -2.04. The van der Waals surface area contributed by atoms with Crippen LogP contribution in [0.1, 0.15) is 5.56 Å². The first kappa shape index (κ1) is 17.8. The predicted octanol–water partition coefficient (Wildman–Crippen LogP) is 4.47. The molecule has 0 spiro atoms. The molecule has 0 saturated carbocycles. The Bertz CT molecular complexity index is 777. The number of benzene rings is 2. The zero-order valence-corrected chi connectivity index (χ0v) is 14.1. The summed E-state index contributed by atoms with van der Waals surface area (Å²) in [5, 5.41) is 8.93. The summed E-state index contributed by atoms with van der Waals surface area (Å²) in [6.07, 6.45) is -0.0124. The number of nitrogens with zero attached hydrogens (tertiary/aromatic N) is 1. The van der Waals surface area contributed by atoms with Gasteiger partial charge in [-0.2, -0.15) is 0 Å². The van der Waals surface area contributed by atoms with Crippen LogP contribution in [-0.4, -0.2) is 18.2 Å². The van der Waals surface area contributed by atoms with Gasteiger partial charge in [-0.1, -0.05) is 46.1 Å². The molecule has 6 nitrogen and oxygen atoms in total. The van der Waals surface area contributed by atoms with Crippen molar-refractivity contribution in [1.29, 1.82) is 0 Å². The first-order valence-electron chi connectivity index (χ1n) is 6.78. The van der Waals surface area contributed by atoms with Crippen molar-refractivity contribution in [3.63, 3.8) is 0 Å². The van der Waals surface area contributed by atoms with Gasteiger partial charge in [-0.25, -0.2) is 4.79 Å². The van der Waals surface area contributed by atoms with Gasteiger partial charge in [0, 0.05) is 11.4 Å². The molecule has 2 rings (SSSR count). The van der Waals surface area contributed by atoms with E-state index in [1.165, 1.54) is 12.1 Å². The molecular weight excluding hydrogens is 353 g/mol. The molecule has 0 fully saturated rings. The number of hydrogen-bond acceptors (Lipinski definition) is 4. The van der Waals surface area contributed by atoms with Gasteiger partial charge in [0.25, 0.3) is 5.91 Å². The van der Waals surface area contributed by atoms with Crippen LogP contribution >= 0.6 is 23.2 Å². The van der Waals surface area contributed by atoms with Crippen LogP contribution in [0.5, 0.6) is 0 Å². The number of carbonyl (C=O) groups excluding carboxylic acids is 2. The Morgan fingerprint density at radius 1 is 1.00 bits per heavy atom. The van der Waals surface area contributed by atoms with Crippen molar-refractivity contribution >= 4 is 52.8 Å². The van der Waals surface area contributed by atoms with Crippen LogP contribution < -0.4 is 10.6 Å². The number of amides is 2. The summed E-state index contributed by atoms with van der Waals surface area (Å²) in [7, 11) is 0. The highest BCUT2D eigenvalue weighted by atomic mass is 35.5. The maximum absolute atomic E-state index is 11.6. The van der Waals surface area contributed by atoms with Crippen LogP contribution in [0, 0.1) is 6.92 Å². The molecule has 0 aliphatic carbocycles. The van der Waals surface area contributed by atoms with E-state index in [0.717, 1.165) is 11.8 Å². The summed E-state index contributed by atoms with van der Waals surface area (Å²) in [5.41, 5.74) is 2.06. The van der Waals surface area contributed by atoms with Gasteiger partial charge >= 0.3 is 6.09 Å². The van der Waals surface area contributed by atoms with E-state index in [1.807, 2.05) is 19.1 Å². The number of rotatable bonds is 4. The van der Waals surface area contributed by atoms with Gasteiger partial charge in [0.2, 0.25) is 0 Å². The Hall–Kier alpha value is -2.57. The zero-order valence-electron chi connectivity index (χ0n) is 12.5. The average Bonchev–Trinajstić information content (AvgIpc) is 2.53. The fourth-order valence-corrected chi connectivity index (χ4v) is 1.95. The zero-order chi connectivity index (χ0) is 17.5. The molecule has 2 N–H and O–H groups in total. The molecule has 24 heavy (non-hydrogen) atoms. The molecule has 8 heteroatoms. The van der Waals surface area contributed by atoms with Gasteiger partial charge in [-0.3, -0.25) is 14.9 Å². The van der Waals surface area contributed by atoms with E-state index in [1.54, 1.807) is 18.2 Å². The van der Waals surface area contributed by atoms with E-state index in [9.17, 15) is 9.59 Å². The van der Waals surface area contributed by atoms with E-state index in [-0.39, 0.29) is 5.02 Å². The van der Waals surface area contributed by atoms with Gasteiger partial charge in [0.1, 0.15) is 6.21 Å².